The van der Waals surface area contributed by atoms with Crippen LogP contribution in [-0.4, -0.2) is 27.0 Å². The summed E-state index contributed by atoms with van der Waals surface area (Å²) in [7, 11) is 0. The minimum atomic E-state index is -0.237. The Morgan fingerprint density at radius 1 is 0.900 bits per heavy atom. The fourth-order valence-electron chi connectivity index (χ4n) is 3.28. The molecule has 0 aliphatic carbocycles. The largest absolute Gasteiger partial charge is 0.340 e. The second kappa shape index (κ2) is 10.2. The van der Waals surface area contributed by atoms with Gasteiger partial charge in [-0.25, -0.2) is 14.4 Å². The smallest absolute Gasteiger partial charge is 0.136 e. The Bertz CT molecular complexity index is 985. The third kappa shape index (κ3) is 6.12. The zero-order valence-corrected chi connectivity index (χ0v) is 19.8. The van der Waals surface area contributed by atoms with Crippen LogP contribution in [0.3, 0.4) is 0 Å². The van der Waals surface area contributed by atoms with Crippen LogP contribution in [0.4, 0.5) is 27.4 Å². The van der Waals surface area contributed by atoms with E-state index in [9.17, 15) is 4.39 Å². The van der Waals surface area contributed by atoms with Gasteiger partial charge in [0.25, 0.3) is 0 Å². The molecule has 0 spiro atoms. The van der Waals surface area contributed by atoms with Crippen LogP contribution < -0.4 is 10.6 Å². The van der Waals surface area contributed by atoms with Crippen LogP contribution in [0, 0.1) is 9.39 Å². The second-order valence-corrected chi connectivity index (χ2v) is 8.89. The molecule has 0 amide bonds. The monoisotopic (exact) mass is 519 g/mol. The second-order valence-electron chi connectivity index (χ2n) is 7.73. The van der Waals surface area contributed by atoms with Crippen LogP contribution in [0.1, 0.15) is 33.3 Å². The van der Waals surface area contributed by atoms with E-state index in [4.69, 9.17) is 0 Å². The van der Waals surface area contributed by atoms with Gasteiger partial charge in [0.2, 0.25) is 0 Å². The number of hydrogen-bond donors (Lipinski definition) is 2. The minimum Gasteiger partial charge on any atom is -0.340 e. The summed E-state index contributed by atoms with van der Waals surface area (Å²) in [5.74, 6) is 1.09. The summed E-state index contributed by atoms with van der Waals surface area (Å²) in [5, 5.41) is 6.54. The SMILES string of the molecule is CC(C)N(Cc1cccc(Nc2cc(Nc3ccc(F)c(I)c3)ncn2)c1)C(C)C. The van der Waals surface area contributed by atoms with Crippen molar-refractivity contribution in [3.63, 3.8) is 0 Å². The molecule has 0 unspecified atom stereocenters. The molecular formula is C23H27FIN5. The maximum Gasteiger partial charge on any atom is 0.136 e. The van der Waals surface area contributed by atoms with Crippen molar-refractivity contribution in [2.75, 3.05) is 10.6 Å². The van der Waals surface area contributed by atoms with E-state index in [1.807, 2.05) is 34.7 Å². The number of halogens is 2. The molecule has 1 heterocycles. The zero-order valence-electron chi connectivity index (χ0n) is 17.7. The molecule has 0 aliphatic rings. The molecule has 5 nitrogen and oxygen atoms in total. The molecule has 1 aromatic heterocycles. The fraction of sp³-hybridized carbons (Fsp3) is 0.304. The van der Waals surface area contributed by atoms with E-state index >= 15 is 0 Å². The number of aromatic nitrogens is 2. The molecule has 158 valence electrons. The lowest BCUT2D eigenvalue weighted by Gasteiger charge is -2.30. The predicted octanol–water partition coefficient (Wildman–Crippen LogP) is 6.33. The molecule has 0 saturated heterocycles. The van der Waals surface area contributed by atoms with Crippen molar-refractivity contribution in [1.29, 1.82) is 0 Å². The van der Waals surface area contributed by atoms with E-state index in [0.717, 1.165) is 17.9 Å². The Morgan fingerprint density at radius 2 is 1.53 bits per heavy atom. The summed E-state index contributed by atoms with van der Waals surface area (Å²) in [6.45, 7) is 9.78. The quantitative estimate of drug-likeness (QED) is 0.341. The van der Waals surface area contributed by atoms with Gasteiger partial charge in [0.1, 0.15) is 23.8 Å². The summed E-state index contributed by atoms with van der Waals surface area (Å²) in [4.78, 5) is 11.0. The van der Waals surface area contributed by atoms with E-state index in [1.54, 1.807) is 12.1 Å². The van der Waals surface area contributed by atoms with E-state index in [-0.39, 0.29) is 5.82 Å². The van der Waals surface area contributed by atoms with Crippen molar-refractivity contribution < 1.29 is 4.39 Å². The Balaban J connectivity index is 1.72. The lowest BCUT2D eigenvalue weighted by atomic mass is 10.1. The summed E-state index contributed by atoms with van der Waals surface area (Å²) in [6, 6.07) is 16.0. The first-order valence-electron chi connectivity index (χ1n) is 9.97. The summed E-state index contributed by atoms with van der Waals surface area (Å²) < 4.78 is 14.0. The molecule has 3 rings (SSSR count). The maximum atomic E-state index is 13.5. The topological polar surface area (TPSA) is 53.1 Å². The van der Waals surface area contributed by atoms with Gasteiger partial charge in [-0.05, 0) is 86.2 Å². The number of anilines is 4. The molecule has 7 heteroatoms. The van der Waals surface area contributed by atoms with Crippen molar-refractivity contribution >= 4 is 45.6 Å². The lowest BCUT2D eigenvalue weighted by molar-refractivity contribution is 0.166. The van der Waals surface area contributed by atoms with Gasteiger partial charge >= 0.3 is 0 Å². The molecule has 0 aliphatic heterocycles. The third-order valence-electron chi connectivity index (χ3n) is 4.75. The van der Waals surface area contributed by atoms with Crippen LogP contribution in [-0.2, 0) is 6.54 Å². The average molecular weight is 519 g/mol. The van der Waals surface area contributed by atoms with Crippen molar-refractivity contribution in [3.05, 3.63) is 69.8 Å². The highest BCUT2D eigenvalue weighted by atomic mass is 127. The van der Waals surface area contributed by atoms with Crippen LogP contribution in [0.5, 0.6) is 0 Å². The molecule has 0 bridgehead atoms. The van der Waals surface area contributed by atoms with E-state index in [0.29, 0.717) is 27.3 Å². The maximum absolute atomic E-state index is 13.5. The van der Waals surface area contributed by atoms with Crippen molar-refractivity contribution in [1.82, 2.24) is 14.9 Å². The van der Waals surface area contributed by atoms with Gasteiger partial charge in [-0.15, -0.1) is 0 Å². The van der Waals surface area contributed by atoms with E-state index < -0.39 is 0 Å². The number of nitrogens with one attached hydrogen (secondary N) is 2. The lowest BCUT2D eigenvalue weighted by Crippen LogP contribution is -2.36. The summed E-state index contributed by atoms with van der Waals surface area (Å²) >= 11 is 1.97. The van der Waals surface area contributed by atoms with Gasteiger partial charge < -0.3 is 10.6 Å². The highest BCUT2D eigenvalue weighted by Gasteiger charge is 2.14. The number of benzene rings is 2. The standard InChI is InChI=1S/C23H27FIN5/c1-15(2)30(16(3)4)13-17-6-5-7-18(10-17)28-22-12-23(27-14-26-22)29-19-8-9-20(24)21(25)11-19/h5-12,14-16H,13H2,1-4H3,(H2,26,27,28,29). The zero-order chi connectivity index (χ0) is 21.7. The molecule has 0 radical (unpaired) electrons. The van der Waals surface area contributed by atoms with Crippen molar-refractivity contribution in [3.8, 4) is 0 Å². The first-order valence-corrected chi connectivity index (χ1v) is 11.1. The number of hydrogen-bond acceptors (Lipinski definition) is 5. The van der Waals surface area contributed by atoms with Crippen LogP contribution >= 0.6 is 22.6 Å². The predicted molar refractivity (Wildman–Crippen MR) is 130 cm³/mol. The Labute approximate surface area is 191 Å². The Kier molecular flexibility index (Phi) is 7.60. The van der Waals surface area contributed by atoms with Crippen LogP contribution in [0.2, 0.25) is 0 Å². The third-order valence-corrected chi connectivity index (χ3v) is 5.58. The first-order chi connectivity index (χ1) is 14.3. The molecule has 0 fully saturated rings. The molecule has 0 saturated carbocycles. The molecule has 3 aromatic rings. The van der Waals surface area contributed by atoms with Gasteiger partial charge in [0, 0.05) is 36.1 Å². The molecule has 0 atom stereocenters. The molecule has 2 aromatic carbocycles. The van der Waals surface area contributed by atoms with Crippen LogP contribution in [0.15, 0.2) is 54.9 Å². The average Bonchev–Trinajstić information content (AvgIpc) is 2.69. The summed E-state index contributed by atoms with van der Waals surface area (Å²) in [5.41, 5.74) is 2.99. The molecular weight excluding hydrogens is 492 g/mol. The molecule has 2 N–H and O–H groups in total. The van der Waals surface area contributed by atoms with Crippen molar-refractivity contribution in [2.24, 2.45) is 0 Å². The van der Waals surface area contributed by atoms with E-state index in [1.165, 1.54) is 18.0 Å². The van der Waals surface area contributed by atoms with Crippen LogP contribution in [0.25, 0.3) is 0 Å². The van der Waals surface area contributed by atoms with Gasteiger partial charge in [-0.2, -0.15) is 0 Å². The number of rotatable bonds is 8. The summed E-state index contributed by atoms with van der Waals surface area (Å²) in [6.07, 6.45) is 1.50. The fourth-order valence-corrected chi connectivity index (χ4v) is 3.80. The van der Waals surface area contributed by atoms with Gasteiger partial charge in [-0.3, -0.25) is 4.90 Å². The highest BCUT2D eigenvalue weighted by molar-refractivity contribution is 14.1. The normalized spacial score (nSPS) is 11.4. The number of nitrogens with zero attached hydrogens (tertiary/aromatic N) is 3. The minimum absolute atomic E-state index is 0.237. The Morgan fingerprint density at radius 3 is 2.13 bits per heavy atom. The van der Waals surface area contributed by atoms with Crippen molar-refractivity contribution in [2.45, 2.75) is 46.3 Å². The van der Waals surface area contributed by atoms with Gasteiger partial charge in [0.05, 0.1) is 3.57 Å². The molecule has 30 heavy (non-hydrogen) atoms. The first kappa shape index (κ1) is 22.4. The van der Waals surface area contributed by atoms with Gasteiger partial charge in [-0.1, -0.05) is 12.1 Å². The highest BCUT2D eigenvalue weighted by Crippen LogP contribution is 2.23. The Hall–Kier alpha value is -2.26. The van der Waals surface area contributed by atoms with Gasteiger partial charge in [0.15, 0.2) is 0 Å². The van der Waals surface area contributed by atoms with E-state index in [2.05, 4.69) is 71.4 Å².